The van der Waals surface area contributed by atoms with Crippen LogP contribution in [0.1, 0.15) is 70.0 Å². The zero-order valence-electron chi connectivity index (χ0n) is 17.1. The van der Waals surface area contributed by atoms with Crippen molar-refractivity contribution in [2.24, 2.45) is 11.8 Å². The van der Waals surface area contributed by atoms with Crippen LogP contribution in [0.3, 0.4) is 0 Å². The van der Waals surface area contributed by atoms with Crippen LogP contribution >= 0.6 is 0 Å². The molecule has 2 aliphatic rings. The molecule has 27 heavy (non-hydrogen) atoms. The van der Waals surface area contributed by atoms with Gasteiger partial charge in [-0.2, -0.15) is 0 Å². The SMILES string of the molecule is CC(C)CCCC(C)CCNC1=[N+]2CCc3cc(O)ccc3C2CCN1.[I-]. The Morgan fingerprint density at radius 2 is 2.04 bits per heavy atom. The second-order valence-corrected chi connectivity index (χ2v) is 8.55. The number of hydrogen-bond donors (Lipinski definition) is 3. The predicted molar refractivity (Wildman–Crippen MR) is 108 cm³/mol. The molecule has 0 saturated carbocycles. The highest BCUT2D eigenvalue weighted by Crippen LogP contribution is 2.32. The molecule has 0 bridgehead atoms. The summed E-state index contributed by atoms with van der Waals surface area (Å²) in [6.07, 6.45) is 7.39. The summed E-state index contributed by atoms with van der Waals surface area (Å²) in [7, 11) is 0. The largest absolute Gasteiger partial charge is 1.00 e. The third kappa shape index (κ3) is 6.00. The summed E-state index contributed by atoms with van der Waals surface area (Å²) in [5.74, 6) is 3.20. The molecule has 0 amide bonds. The lowest BCUT2D eigenvalue weighted by Crippen LogP contribution is -3.00. The topological polar surface area (TPSA) is 47.3 Å². The van der Waals surface area contributed by atoms with Gasteiger partial charge in [-0.15, -0.1) is 0 Å². The molecule has 5 heteroatoms. The average molecular weight is 485 g/mol. The fourth-order valence-electron chi connectivity index (χ4n) is 4.33. The monoisotopic (exact) mass is 485 g/mol. The standard InChI is InChI=1S/C22H35N3O.HI/c1-16(2)5-4-6-17(3)9-12-23-22-24-13-10-21-20-8-7-19(26)15-18(20)11-14-25(21)22;/h7-8,15-17,21H,4-6,9-14H2,1-3H3,(H2,23,24,26);1H. The molecule has 1 aromatic rings. The molecule has 0 radical (unpaired) electrons. The molecule has 0 aromatic heterocycles. The van der Waals surface area contributed by atoms with Gasteiger partial charge in [0.25, 0.3) is 0 Å². The molecule has 0 aliphatic carbocycles. The van der Waals surface area contributed by atoms with Gasteiger partial charge in [0.15, 0.2) is 0 Å². The summed E-state index contributed by atoms with van der Waals surface area (Å²) >= 11 is 0. The fraction of sp³-hybridized carbons (Fsp3) is 0.682. The first kappa shape index (κ1) is 22.3. The van der Waals surface area contributed by atoms with Gasteiger partial charge < -0.3 is 29.1 Å². The van der Waals surface area contributed by atoms with Crippen LogP contribution in [-0.2, 0) is 6.42 Å². The molecular formula is C22H36IN3O. The van der Waals surface area contributed by atoms with Crippen LogP contribution in [-0.4, -0.2) is 35.3 Å². The number of fused-ring (bicyclic) bond motifs is 3. The first-order chi connectivity index (χ1) is 12.5. The summed E-state index contributed by atoms with van der Waals surface area (Å²) in [4.78, 5) is 0. The first-order valence-corrected chi connectivity index (χ1v) is 10.5. The highest BCUT2D eigenvalue weighted by atomic mass is 127. The Kier molecular flexibility index (Phi) is 8.70. The van der Waals surface area contributed by atoms with Gasteiger partial charge in [0.05, 0.1) is 19.6 Å². The smallest absolute Gasteiger partial charge is 0.346 e. The highest BCUT2D eigenvalue weighted by Gasteiger charge is 2.32. The Labute approximate surface area is 181 Å². The number of hydrogen-bond acceptors (Lipinski definition) is 3. The Hall–Kier alpha value is -0.980. The minimum absolute atomic E-state index is 0. The number of rotatable bonds is 7. The van der Waals surface area contributed by atoms with Crippen molar-refractivity contribution in [1.82, 2.24) is 10.6 Å². The lowest BCUT2D eigenvalue weighted by molar-refractivity contribution is -0.584. The van der Waals surface area contributed by atoms with Crippen molar-refractivity contribution in [1.29, 1.82) is 0 Å². The molecule has 4 nitrogen and oxygen atoms in total. The van der Waals surface area contributed by atoms with E-state index in [1.54, 1.807) is 0 Å². The molecule has 152 valence electrons. The van der Waals surface area contributed by atoms with Gasteiger partial charge in [0.1, 0.15) is 11.8 Å². The molecule has 3 N–H and O–H groups in total. The number of halogens is 1. The molecular weight excluding hydrogens is 449 g/mol. The van der Waals surface area contributed by atoms with E-state index in [0.717, 1.165) is 44.3 Å². The lowest BCUT2D eigenvalue weighted by atomic mass is 9.91. The normalized spacial score (nSPS) is 19.6. The number of benzene rings is 1. The number of nitrogens with zero attached hydrogens (tertiary/aromatic N) is 1. The quantitative estimate of drug-likeness (QED) is 0.396. The van der Waals surface area contributed by atoms with Crippen molar-refractivity contribution in [2.45, 2.75) is 65.3 Å². The second-order valence-electron chi connectivity index (χ2n) is 8.55. The van der Waals surface area contributed by atoms with Crippen LogP contribution in [0, 0.1) is 11.8 Å². The van der Waals surface area contributed by atoms with E-state index in [-0.39, 0.29) is 24.0 Å². The van der Waals surface area contributed by atoms with E-state index in [2.05, 4.69) is 42.0 Å². The maximum Gasteiger partial charge on any atom is 0.346 e. The van der Waals surface area contributed by atoms with Crippen molar-refractivity contribution in [3.8, 4) is 5.75 Å². The van der Waals surface area contributed by atoms with Gasteiger partial charge in [-0.3, -0.25) is 15.2 Å². The maximum absolute atomic E-state index is 9.75. The Balaban J connectivity index is 0.00000261. The summed E-state index contributed by atoms with van der Waals surface area (Å²) in [5.41, 5.74) is 2.70. The van der Waals surface area contributed by atoms with Crippen molar-refractivity contribution in [3.63, 3.8) is 0 Å². The van der Waals surface area contributed by atoms with E-state index >= 15 is 0 Å². The van der Waals surface area contributed by atoms with E-state index in [4.69, 9.17) is 0 Å². The van der Waals surface area contributed by atoms with Crippen molar-refractivity contribution in [3.05, 3.63) is 29.3 Å². The van der Waals surface area contributed by atoms with E-state index in [1.165, 1.54) is 42.8 Å². The molecule has 1 aromatic carbocycles. The number of guanidine groups is 1. The Bertz CT molecular complexity index is 644. The first-order valence-electron chi connectivity index (χ1n) is 10.5. The van der Waals surface area contributed by atoms with Gasteiger partial charge >= 0.3 is 5.96 Å². The molecule has 3 rings (SSSR count). The third-order valence-corrected chi connectivity index (χ3v) is 5.89. The zero-order valence-corrected chi connectivity index (χ0v) is 19.3. The Morgan fingerprint density at radius 1 is 1.22 bits per heavy atom. The highest BCUT2D eigenvalue weighted by molar-refractivity contribution is 5.75. The molecule has 2 unspecified atom stereocenters. The third-order valence-electron chi connectivity index (χ3n) is 5.89. The summed E-state index contributed by atoms with van der Waals surface area (Å²) in [5, 5.41) is 17.0. The summed E-state index contributed by atoms with van der Waals surface area (Å²) < 4.78 is 2.49. The van der Waals surface area contributed by atoms with Crippen LogP contribution in [0.4, 0.5) is 0 Å². The summed E-state index contributed by atoms with van der Waals surface area (Å²) in [6.45, 7) is 10.1. The van der Waals surface area contributed by atoms with E-state index in [0.29, 0.717) is 11.8 Å². The molecule has 2 heterocycles. The predicted octanol–water partition coefficient (Wildman–Crippen LogP) is 0.797. The second kappa shape index (κ2) is 10.5. The fourth-order valence-corrected chi connectivity index (χ4v) is 4.33. The Morgan fingerprint density at radius 3 is 2.81 bits per heavy atom. The summed E-state index contributed by atoms with van der Waals surface area (Å²) in [6, 6.07) is 6.32. The average Bonchev–Trinajstić information content (AvgIpc) is 2.61. The van der Waals surface area contributed by atoms with Gasteiger partial charge in [-0.05, 0) is 41.5 Å². The van der Waals surface area contributed by atoms with Crippen molar-refractivity contribution < 1.29 is 33.7 Å². The molecule has 0 saturated heterocycles. The van der Waals surface area contributed by atoms with E-state index < -0.39 is 0 Å². The number of nitrogens with one attached hydrogen (secondary N) is 2. The number of phenols is 1. The van der Waals surface area contributed by atoms with Crippen molar-refractivity contribution >= 4 is 5.96 Å². The molecule has 0 spiro atoms. The number of aromatic hydroxyl groups is 1. The van der Waals surface area contributed by atoms with Gasteiger partial charge in [0.2, 0.25) is 0 Å². The van der Waals surface area contributed by atoms with Gasteiger partial charge in [0, 0.05) is 12.8 Å². The minimum atomic E-state index is 0. The van der Waals surface area contributed by atoms with Crippen LogP contribution in [0.2, 0.25) is 0 Å². The molecule has 0 fully saturated rings. The molecule has 2 atom stereocenters. The van der Waals surface area contributed by atoms with E-state index in [1.807, 2.05) is 12.1 Å². The van der Waals surface area contributed by atoms with Crippen LogP contribution < -0.4 is 34.6 Å². The van der Waals surface area contributed by atoms with Crippen LogP contribution in [0.25, 0.3) is 0 Å². The zero-order chi connectivity index (χ0) is 18.5. The minimum Gasteiger partial charge on any atom is -1.00 e. The maximum atomic E-state index is 9.75. The molecule has 2 aliphatic heterocycles. The van der Waals surface area contributed by atoms with E-state index in [9.17, 15) is 5.11 Å². The van der Waals surface area contributed by atoms with Crippen molar-refractivity contribution in [2.75, 3.05) is 19.6 Å². The van der Waals surface area contributed by atoms with Gasteiger partial charge in [-0.25, -0.2) is 0 Å². The van der Waals surface area contributed by atoms with Crippen LogP contribution in [0.15, 0.2) is 18.2 Å². The van der Waals surface area contributed by atoms with Gasteiger partial charge in [-0.1, -0.05) is 46.1 Å². The lowest BCUT2D eigenvalue weighted by Gasteiger charge is -2.32. The number of phenolic OH excluding ortho intramolecular Hbond substituents is 1. The van der Waals surface area contributed by atoms with Crippen LogP contribution in [0.5, 0.6) is 5.75 Å².